The molecule has 0 amide bonds. The second kappa shape index (κ2) is 21.5. The zero-order chi connectivity index (χ0) is 48.2. The molecule has 17 heteroatoms. The van der Waals surface area contributed by atoms with Gasteiger partial charge in [0.25, 0.3) is 0 Å². The maximum Gasteiger partial charge on any atom is 0.248 e. The number of fused-ring (bicyclic) bond motifs is 4. The van der Waals surface area contributed by atoms with Crippen LogP contribution in [0.1, 0.15) is 82.8 Å². The minimum atomic E-state index is -3.56. The third kappa shape index (κ3) is 11.1. The Balaban J connectivity index is 0.000000153. The molecule has 8 aromatic rings. The Morgan fingerprint density at radius 1 is 0.563 bits per heavy atom. The van der Waals surface area contributed by atoms with Gasteiger partial charge in [-0.25, -0.2) is 33.3 Å². The van der Waals surface area contributed by atoms with Gasteiger partial charge >= 0.3 is 0 Å². The van der Waals surface area contributed by atoms with Crippen molar-refractivity contribution in [2.75, 3.05) is 38.0 Å². The van der Waals surface area contributed by atoms with Crippen LogP contribution in [0.2, 0.25) is 0 Å². The van der Waals surface area contributed by atoms with Crippen LogP contribution in [0.5, 0.6) is 23.0 Å². The molecule has 0 radical (unpaired) electrons. The van der Waals surface area contributed by atoms with Crippen LogP contribution in [0.15, 0.2) is 102 Å². The number of nitrogens with zero attached hydrogens (tertiary/aromatic N) is 8. The third-order valence-electron chi connectivity index (χ3n) is 12.9. The lowest BCUT2D eigenvalue weighted by Gasteiger charge is -2.23. The molecule has 2 fully saturated rings. The lowest BCUT2D eigenvalue weighted by atomic mass is 9.96. The van der Waals surface area contributed by atoms with Crippen molar-refractivity contribution in [1.82, 2.24) is 39.0 Å². The molecule has 2 saturated carbocycles. The van der Waals surface area contributed by atoms with E-state index < -0.39 is 9.84 Å². The Morgan fingerprint density at radius 2 is 1.04 bits per heavy atom. The number of anilines is 1. The van der Waals surface area contributed by atoms with E-state index in [-0.39, 0.29) is 12.6 Å². The molecule has 2 aliphatic heterocycles. The average molecular weight is 979 g/mol. The SMILES string of the molecule is C.Cc1ccc2nc(-c3ccc4c(c3)OCCO4)n(-c3ccnc(NC4CCCCC4)n3)c2c1.Cc1ccc2nc(-c3ccc4c(c3)OCCO4)n(-c3ccnc(S(C)(=O)=O)n3)c2c1.NC1CCCCC1. The van der Waals surface area contributed by atoms with E-state index >= 15 is 0 Å². The van der Waals surface area contributed by atoms with E-state index in [1.807, 2.05) is 78.4 Å². The summed E-state index contributed by atoms with van der Waals surface area (Å²) in [6.45, 7) is 6.20. The molecule has 0 atom stereocenters. The van der Waals surface area contributed by atoms with E-state index in [1.165, 1.54) is 76.0 Å². The van der Waals surface area contributed by atoms with Gasteiger partial charge in [0.15, 0.2) is 23.0 Å². The maximum absolute atomic E-state index is 12.0. The number of nitrogens with one attached hydrogen (secondary N) is 1. The molecule has 0 spiro atoms. The molecule has 2 aliphatic carbocycles. The van der Waals surface area contributed by atoms with Gasteiger partial charge in [-0.2, -0.15) is 4.98 Å². The topological polar surface area (TPSA) is 196 Å². The van der Waals surface area contributed by atoms with E-state index in [2.05, 4.69) is 50.0 Å². The Hall–Kier alpha value is -7.11. The monoisotopic (exact) mass is 978 g/mol. The molecule has 4 aliphatic rings. The maximum atomic E-state index is 12.0. The summed E-state index contributed by atoms with van der Waals surface area (Å²) >= 11 is 0. The van der Waals surface area contributed by atoms with Crippen molar-refractivity contribution in [2.24, 2.45) is 5.73 Å². The first-order valence-corrected chi connectivity index (χ1v) is 26.1. The summed E-state index contributed by atoms with van der Waals surface area (Å²) in [4.78, 5) is 27.4. The lowest BCUT2D eigenvalue weighted by molar-refractivity contribution is 0.171. The van der Waals surface area contributed by atoms with Crippen molar-refractivity contribution in [2.45, 2.75) is 103 Å². The van der Waals surface area contributed by atoms with Gasteiger partial charge in [-0.15, -0.1) is 0 Å². The van der Waals surface area contributed by atoms with Crippen LogP contribution in [-0.2, 0) is 9.84 Å². The minimum Gasteiger partial charge on any atom is -0.486 e. The number of ether oxygens (including phenoxy) is 4. The normalized spacial score (nSPS) is 15.7. The van der Waals surface area contributed by atoms with Crippen molar-refractivity contribution in [3.63, 3.8) is 0 Å². The summed E-state index contributed by atoms with van der Waals surface area (Å²) in [7, 11) is -3.56. The number of imidazole rings is 2. The summed E-state index contributed by atoms with van der Waals surface area (Å²) in [5.74, 6) is 6.16. The zero-order valence-electron chi connectivity index (χ0n) is 39.8. The number of aryl methyl sites for hydroxylation is 2. The Labute approximate surface area is 414 Å². The Bertz CT molecular complexity index is 3270. The second-order valence-electron chi connectivity index (χ2n) is 18.3. The molecule has 370 valence electrons. The molecule has 4 aromatic carbocycles. The highest BCUT2D eigenvalue weighted by atomic mass is 32.2. The van der Waals surface area contributed by atoms with Crippen molar-refractivity contribution in [1.29, 1.82) is 0 Å². The predicted molar refractivity (Wildman–Crippen MR) is 277 cm³/mol. The molecule has 16 nitrogen and oxygen atoms in total. The van der Waals surface area contributed by atoms with E-state index in [1.54, 1.807) is 6.07 Å². The van der Waals surface area contributed by atoms with Crippen LogP contribution < -0.4 is 30.0 Å². The highest BCUT2D eigenvalue weighted by Gasteiger charge is 2.23. The molecule has 71 heavy (non-hydrogen) atoms. The fourth-order valence-corrected chi connectivity index (χ4v) is 9.84. The van der Waals surface area contributed by atoms with Crippen molar-refractivity contribution >= 4 is 37.9 Å². The molecule has 6 heterocycles. The van der Waals surface area contributed by atoms with Gasteiger partial charge in [-0.3, -0.25) is 9.13 Å². The number of aromatic nitrogens is 8. The van der Waals surface area contributed by atoms with Gasteiger partial charge in [-0.05, 0) is 123 Å². The highest BCUT2D eigenvalue weighted by molar-refractivity contribution is 7.90. The molecule has 0 saturated heterocycles. The first kappa shape index (κ1) is 48.9. The van der Waals surface area contributed by atoms with Crippen molar-refractivity contribution < 1.29 is 27.4 Å². The predicted octanol–water partition coefficient (Wildman–Crippen LogP) is 10.2. The van der Waals surface area contributed by atoms with Crippen LogP contribution in [-0.4, -0.2) is 92.2 Å². The van der Waals surface area contributed by atoms with Crippen molar-refractivity contribution in [3.8, 4) is 57.4 Å². The minimum absolute atomic E-state index is 0. The molecule has 0 unspecified atom stereocenters. The summed E-state index contributed by atoms with van der Waals surface area (Å²) in [5.41, 5.74) is 13.1. The van der Waals surface area contributed by atoms with E-state index in [9.17, 15) is 8.42 Å². The Kier molecular flexibility index (Phi) is 14.8. The zero-order valence-corrected chi connectivity index (χ0v) is 40.6. The number of benzene rings is 4. The van der Waals surface area contributed by atoms with Gasteiger partial charge in [0, 0.05) is 41.9 Å². The third-order valence-corrected chi connectivity index (χ3v) is 13.7. The van der Waals surface area contributed by atoms with Gasteiger partial charge in [0.1, 0.15) is 49.7 Å². The fourth-order valence-electron chi connectivity index (χ4n) is 9.33. The van der Waals surface area contributed by atoms with Gasteiger partial charge in [-0.1, -0.05) is 58.1 Å². The highest BCUT2D eigenvalue weighted by Crippen LogP contribution is 2.38. The number of hydrogen-bond acceptors (Lipinski definition) is 14. The van der Waals surface area contributed by atoms with E-state index in [4.69, 9.17) is 39.6 Å². The van der Waals surface area contributed by atoms with E-state index in [0.29, 0.717) is 67.6 Å². The first-order valence-electron chi connectivity index (χ1n) is 24.2. The second-order valence-corrected chi connectivity index (χ2v) is 20.2. The first-order chi connectivity index (χ1) is 34.0. The van der Waals surface area contributed by atoms with Crippen LogP contribution in [0, 0.1) is 13.8 Å². The van der Waals surface area contributed by atoms with Crippen LogP contribution in [0.25, 0.3) is 56.5 Å². The summed E-state index contributed by atoms with van der Waals surface area (Å²) in [6.07, 6.45) is 17.2. The molecule has 12 rings (SSSR count). The quantitative estimate of drug-likeness (QED) is 0.143. The van der Waals surface area contributed by atoms with Gasteiger partial charge in [0.2, 0.25) is 20.9 Å². The molecular formula is C54H62N10O6S. The van der Waals surface area contributed by atoms with Crippen LogP contribution in [0.3, 0.4) is 0 Å². The summed E-state index contributed by atoms with van der Waals surface area (Å²) in [5, 5.41) is 3.32. The lowest BCUT2D eigenvalue weighted by Crippen LogP contribution is -2.23. The van der Waals surface area contributed by atoms with Crippen LogP contribution in [0.4, 0.5) is 5.95 Å². The van der Waals surface area contributed by atoms with Crippen LogP contribution >= 0.6 is 0 Å². The summed E-state index contributed by atoms with van der Waals surface area (Å²) < 4.78 is 50.8. The number of sulfone groups is 1. The molecular weight excluding hydrogens is 917 g/mol. The summed E-state index contributed by atoms with van der Waals surface area (Å²) in [6, 6.07) is 28.4. The van der Waals surface area contributed by atoms with Gasteiger partial charge < -0.3 is 30.0 Å². The largest absolute Gasteiger partial charge is 0.486 e. The number of rotatable bonds is 7. The number of nitrogens with two attached hydrogens (primary N) is 1. The average Bonchev–Trinajstić information content (AvgIpc) is 3.95. The molecule has 0 bridgehead atoms. The smallest absolute Gasteiger partial charge is 0.248 e. The Morgan fingerprint density at radius 3 is 1.54 bits per heavy atom. The number of hydrogen-bond donors (Lipinski definition) is 2. The van der Waals surface area contributed by atoms with Gasteiger partial charge in [0.05, 0.1) is 22.1 Å². The van der Waals surface area contributed by atoms with E-state index in [0.717, 1.165) is 68.2 Å². The molecule has 4 aromatic heterocycles. The van der Waals surface area contributed by atoms with Crippen molar-refractivity contribution in [3.05, 3.63) is 108 Å². The fraction of sp³-hybridized carbons (Fsp3) is 0.370. The molecule has 3 N–H and O–H groups in total. The standard InChI is InChI=1S/C26H27N5O2.C21H18N4O4S.C6H13N.CH4/c1-17-7-9-20-21(15-17)31(24-11-12-27-26(30-24)28-19-5-3-2-4-6-19)25(29-20)18-8-10-22-23(16-18)33-14-13-32-22;1-13-3-5-15-16(11-13)25(19-7-8-22-21(24-19)30(2,26)27)20(23-15)14-4-6-17-18(12-14)29-10-9-28-17;7-6-4-2-1-3-5-6;/h7-12,15-16,19H,2-6,13-14H2,1H3,(H,27,28,30);3-8,11-12H,9-10H2,1-2H3;6H,1-5,7H2;1H4.